The molecule has 3 N–H and O–H groups in total. The summed E-state index contributed by atoms with van der Waals surface area (Å²) in [6.45, 7) is 5.34. The fourth-order valence-corrected chi connectivity index (χ4v) is 4.74. The summed E-state index contributed by atoms with van der Waals surface area (Å²) in [6.07, 6.45) is 2.05. The van der Waals surface area contributed by atoms with Gasteiger partial charge in [0.15, 0.2) is 0 Å². The molecule has 0 saturated carbocycles. The fraction of sp³-hybridized carbons (Fsp3) is 0.714. The molecule has 9 heteroatoms. The summed E-state index contributed by atoms with van der Waals surface area (Å²) in [5.74, 6) is 1.65. The van der Waals surface area contributed by atoms with Gasteiger partial charge in [-0.3, -0.25) is 14.5 Å². The van der Waals surface area contributed by atoms with E-state index >= 15 is 0 Å². The highest BCUT2D eigenvalue weighted by molar-refractivity contribution is 5.83. The number of furan rings is 1. The number of aliphatic hydroxyl groups is 1. The van der Waals surface area contributed by atoms with Crippen LogP contribution < -0.4 is 10.6 Å². The van der Waals surface area contributed by atoms with E-state index in [9.17, 15) is 9.59 Å². The standard InChI is InChI=1S/C21H33N5O4/c1-24-6-8-25(9-7-24)20(28)5-2-16-11-23-21(29)19-10-15(13-26(16)19)22-12-17-3-4-18(14-27)30-17/h3-4,15-16,19,22,27H,2,5-14H2,1H3,(H,23,29)/t15-,16-,19+/m0/s1. The van der Waals surface area contributed by atoms with E-state index in [4.69, 9.17) is 9.52 Å². The van der Waals surface area contributed by atoms with Crippen LogP contribution in [-0.2, 0) is 22.7 Å². The molecule has 1 aromatic heterocycles. The molecule has 3 aliphatic heterocycles. The Morgan fingerprint density at radius 1 is 1.27 bits per heavy atom. The van der Waals surface area contributed by atoms with Crippen LogP contribution in [0.4, 0.5) is 0 Å². The molecule has 0 aromatic carbocycles. The number of carbonyl (C=O) groups excluding carboxylic acids is 2. The first-order chi connectivity index (χ1) is 14.5. The lowest BCUT2D eigenvalue weighted by Gasteiger charge is -2.38. The number of hydrogen-bond donors (Lipinski definition) is 3. The summed E-state index contributed by atoms with van der Waals surface area (Å²) >= 11 is 0. The zero-order valence-corrected chi connectivity index (χ0v) is 17.7. The van der Waals surface area contributed by atoms with Crippen LogP contribution in [0.15, 0.2) is 16.5 Å². The molecule has 0 unspecified atom stereocenters. The van der Waals surface area contributed by atoms with Crippen molar-refractivity contribution in [1.29, 1.82) is 0 Å². The number of nitrogens with zero attached hydrogens (tertiary/aromatic N) is 3. The average molecular weight is 420 g/mol. The first-order valence-corrected chi connectivity index (χ1v) is 10.9. The molecule has 4 heterocycles. The molecular formula is C21H33N5O4. The summed E-state index contributed by atoms with van der Waals surface area (Å²) in [5.41, 5.74) is 0. The highest BCUT2D eigenvalue weighted by atomic mass is 16.4. The van der Waals surface area contributed by atoms with Gasteiger partial charge in [-0.2, -0.15) is 0 Å². The number of amides is 2. The topological polar surface area (TPSA) is 101 Å². The number of piperazine rings is 2. The first-order valence-electron chi connectivity index (χ1n) is 10.9. The molecule has 1 aromatic rings. The van der Waals surface area contributed by atoms with Gasteiger partial charge in [0.05, 0.1) is 12.6 Å². The van der Waals surface area contributed by atoms with Gasteiger partial charge in [-0.05, 0) is 32.0 Å². The van der Waals surface area contributed by atoms with Crippen molar-refractivity contribution in [2.45, 2.75) is 50.5 Å². The van der Waals surface area contributed by atoms with Crippen molar-refractivity contribution in [3.8, 4) is 0 Å². The van der Waals surface area contributed by atoms with Crippen molar-refractivity contribution in [2.24, 2.45) is 0 Å². The lowest BCUT2D eigenvalue weighted by Crippen LogP contribution is -2.58. The van der Waals surface area contributed by atoms with Crippen molar-refractivity contribution in [3.63, 3.8) is 0 Å². The van der Waals surface area contributed by atoms with E-state index in [0.717, 1.165) is 51.3 Å². The molecule has 3 aliphatic rings. The second kappa shape index (κ2) is 9.47. The summed E-state index contributed by atoms with van der Waals surface area (Å²) in [7, 11) is 2.09. The van der Waals surface area contributed by atoms with Gasteiger partial charge in [-0.25, -0.2) is 0 Å². The number of rotatable bonds is 7. The largest absolute Gasteiger partial charge is 0.462 e. The Morgan fingerprint density at radius 3 is 2.77 bits per heavy atom. The quantitative estimate of drug-likeness (QED) is 0.540. The monoisotopic (exact) mass is 419 g/mol. The third-order valence-electron chi connectivity index (χ3n) is 6.61. The van der Waals surface area contributed by atoms with E-state index in [2.05, 4.69) is 27.5 Å². The minimum atomic E-state index is -0.135. The van der Waals surface area contributed by atoms with Crippen LogP contribution in [0, 0.1) is 0 Å². The number of fused-ring (bicyclic) bond motifs is 1. The Balaban J connectivity index is 1.28. The van der Waals surface area contributed by atoms with Crippen LogP contribution in [0.1, 0.15) is 30.8 Å². The maximum absolute atomic E-state index is 12.6. The third-order valence-corrected chi connectivity index (χ3v) is 6.61. The fourth-order valence-electron chi connectivity index (χ4n) is 4.74. The Morgan fingerprint density at radius 2 is 2.03 bits per heavy atom. The molecule has 3 saturated heterocycles. The summed E-state index contributed by atoms with van der Waals surface area (Å²) in [5, 5.41) is 15.6. The molecule has 0 bridgehead atoms. The molecule has 9 nitrogen and oxygen atoms in total. The molecule has 3 fully saturated rings. The predicted molar refractivity (Wildman–Crippen MR) is 110 cm³/mol. The Kier molecular flexibility index (Phi) is 6.72. The van der Waals surface area contributed by atoms with E-state index < -0.39 is 0 Å². The van der Waals surface area contributed by atoms with Gasteiger partial charge in [-0.1, -0.05) is 0 Å². The molecule has 0 aliphatic carbocycles. The molecule has 0 spiro atoms. The number of carbonyl (C=O) groups is 2. The molecular weight excluding hydrogens is 386 g/mol. The Hall–Kier alpha value is -1.94. The van der Waals surface area contributed by atoms with Crippen LogP contribution in [0.25, 0.3) is 0 Å². The molecule has 166 valence electrons. The van der Waals surface area contributed by atoms with Crippen LogP contribution in [0.2, 0.25) is 0 Å². The minimum Gasteiger partial charge on any atom is -0.462 e. The second-order valence-corrected chi connectivity index (χ2v) is 8.67. The maximum Gasteiger partial charge on any atom is 0.237 e. The predicted octanol–water partition coefficient (Wildman–Crippen LogP) is -0.643. The van der Waals surface area contributed by atoms with Crippen molar-refractivity contribution in [3.05, 3.63) is 23.7 Å². The Labute approximate surface area is 177 Å². The van der Waals surface area contributed by atoms with Gasteiger partial charge in [0.1, 0.15) is 18.1 Å². The molecule has 30 heavy (non-hydrogen) atoms. The van der Waals surface area contributed by atoms with E-state index in [1.165, 1.54) is 0 Å². The molecule has 0 radical (unpaired) electrons. The number of likely N-dealkylation sites (N-methyl/N-ethyl adjacent to an activating group) is 1. The van der Waals surface area contributed by atoms with Crippen LogP contribution in [0.3, 0.4) is 0 Å². The van der Waals surface area contributed by atoms with E-state index in [-0.39, 0.29) is 36.5 Å². The van der Waals surface area contributed by atoms with Gasteiger partial charge in [-0.15, -0.1) is 0 Å². The summed E-state index contributed by atoms with van der Waals surface area (Å²) in [4.78, 5) is 31.5. The molecule has 2 amide bonds. The molecule has 4 rings (SSSR count). The second-order valence-electron chi connectivity index (χ2n) is 8.67. The van der Waals surface area contributed by atoms with E-state index in [1.807, 2.05) is 11.0 Å². The summed E-state index contributed by atoms with van der Waals surface area (Å²) in [6, 6.07) is 3.89. The third kappa shape index (κ3) is 4.85. The van der Waals surface area contributed by atoms with Crippen LogP contribution >= 0.6 is 0 Å². The highest BCUT2D eigenvalue weighted by Crippen LogP contribution is 2.26. The van der Waals surface area contributed by atoms with E-state index in [0.29, 0.717) is 25.3 Å². The van der Waals surface area contributed by atoms with Crippen molar-refractivity contribution in [2.75, 3.05) is 46.3 Å². The number of aliphatic hydroxyl groups excluding tert-OH is 1. The minimum absolute atomic E-state index is 0.0847. The lowest BCUT2D eigenvalue weighted by molar-refractivity contribution is -0.133. The maximum atomic E-state index is 12.6. The van der Waals surface area contributed by atoms with Gasteiger partial charge in [0.2, 0.25) is 11.8 Å². The summed E-state index contributed by atoms with van der Waals surface area (Å²) < 4.78 is 5.53. The van der Waals surface area contributed by atoms with Crippen molar-refractivity contribution >= 4 is 11.8 Å². The van der Waals surface area contributed by atoms with Gasteiger partial charge >= 0.3 is 0 Å². The zero-order chi connectivity index (χ0) is 21.1. The van der Waals surface area contributed by atoms with Gasteiger partial charge < -0.3 is 30.0 Å². The zero-order valence-electron chi connectivity index (χ0n) is 17.7. The number of nitrogens with one attached hydrogen (secondary N) is 2. The first kappa shape index (κ1) is 21.3. The Bertz CT molecular complexity index is 746. The van der Waals surface area contributed by atoms with Crippen molar-refractivity contribution < 1.29 is 19.1 Å². The molecule has 3 atom stereocenters. The normalized spacial score (nSPS) is 27.9. The number of hydrogen-bond acceptors (Lipinski definition) is 7. The van der Waals surface area contributed by atoms with Crippen molar-refractivity contribution in [1.82, 2.24) is 25.3 Å². The van der Waals surface area contributed by atoms with Crippen LogP contribution in [0.5, 0.6) is 0 Å². The van der Waals surface area contributed by atoms with E-state index in [1.54, 1.807) is 6.07 Å². The van der Waals surface area contributed by atoms with Crippen LogP contribution in [-0.4, -0.2) is 96.1 Å². The SMILES string of the molecule is CN1CCN(C(=O)CC[C@H]2CNC(=O)[C@H]3C[C@H](NCc4ccc(CO)o4)CN23)CC1. The highest BCUT2D eigenvalue weighted by Gasteiger charge is 2.43. The average Bonchev–Trinajstić information content (AvgIpc) is 3.39. The van der Waals surface area contributed by atoms with Gasteiger partial charge in [0.25, 0.3) is 0 Å². The lowest BCUT2D eigenvalue weighted by atomic mass is 10.0. The van der Waals surface area contributed by atoms with Gasteiger partial charge in [0, 0.05) is 57.8 Å². The smallest absolute Gasteiger partial charge is 0.237 e.